The molecule has 0 saturated carbocycles. The Morgan fingerprint density at radius 2 is 1.79 bits per heavy atom. The van der Waals surface area contributed by atoms with E-state index in [2.05, 4.69) is 10.1 Å². The molecule has 0 spiro atoms. The van der Waals surface area contributed by atoms with Gasteiger partial charge in [-0.05, 0) is 48.7 Å². The lowest BCUT2D eigenvalue weighted by molar-refractivity contribution is -0.137. The molecule has 0 aliphatic carbocycles. The van der Waals surface area contributed by atoms with Gasteiger partial charge in [0, 0.05) is 6.92 Å². The summed E-state index contributed by atoms with van der Waals surface area (Å²) in [5.74, 6) is -0.820. The minimum atomic E-state index is -0.623. The van der Waals surface area contributed by atoms with Crippen LogP contribution in [0, 0.1) is 13.8 Å². The number of carbonyl (C=O) groups excluding carboxylic acids is 2. The summed E-state index contributed by atoms with van der Waals surface area (Å²) in [6.45, 7) is 4.93. The van der Waals surface area contributed by atoms with Crippen molar-refractivity contribution < 1.29 is 19.4 Å². The molecule has 1 aromatic carbocycles. The van der Waals surface area contributed by atoms with Crippen LogP contribution in [-0.2, 0) is 14.3 Å². The van der Waals surface area contributed by atoms with Crippen LogP contribution in [-0.4, -0.2) is 24.1 Å². The molecule has 1 aromatic rings. The predicted molar refractivity (Wildman–Crippen MR) is 71.4 cm³/mol. The highest BCUT2D eigenvalue weighted by molar-refractivity contribution is 5.97. The third kappa shape index (κ3) is 3.84. The van der Waals surface area contributed by atoms with Crippen LogP contribution in [0.4, 0.5) is 0 Å². The molecule has 0 aliphatic heterocycles. The molecule has 5 nitrogen and oxygen atoms in total. The minimum absolute atomic E-state index is 0.0619. The zero-order valence-electron chi connectivity index (χ0n) is 11.4. The van der Waals surface area contributed by atoms with Crippen molar-refractivity contribution in [1.82, 2.24) is 5.32 Å². The monoisotopic (exact) mass is 263 g/mol. The summed E-state index contributed by atoms with van der Waals surface area (Å²) in [7, 11) is 1.24. The number of aryl methyl sites for hydroxylation is 2. The SMILES string of the molecule is COC(=O)/C(=C/c1c(C)cc(O)cc1C)NC(C)=O. The second kappa shape index (κ2) is 6.04. The van der Waals surface area contributed by atoms with E-state index in [1.807, 2.05) is 0 Å². The molecule has 0 saturated heterocycles. The van der Waals surface area contributed by atoms with E-state index in [1.165, 1.54) is 20.1 Å². The first-order chi connectivity index (χ1) is 8.85. The number of phenols is 1. The Labute approximate surface area is 111 Å². The van der Waals surface area contributed by atoms with E-state index >= 15 is 0 Å². The standard InChI is InChI=1S/C14H17NO4/c1-8-5-11(17)6-9(2)12(8)7-13(14(18)19-4)15-10(3)16/h5-7,17H,1-4H3,(H,15,16)/b13-7-. The third-order valence-electron chi connectivity index (χ3n) is 2.58. The van der Waals surface area contributed by atoms with Gasteiger partial charge in [0.15, 0.2) is 0 Å². The van der Waals surface area contributed by atoms with Crippen LogP contribution in [0.3, 0.4) is 0 Å². The van der Waals surface area contributed by atoms with Gasteiger partial charge in [-0.1, -0.05) is 0 Å². The van der Waals surface area contributed by atoms with Crippen molar-refractivity contribution in [3.05, 3.63) is 34.5 Å². The lowest BCUT2D eigenvalue weighted by atomic mass is 10.0. The summed E-state index contributed by atoms with van der Waals surface area (Å²) in [6.07, 6.45) is 1.54. The summed E-state index contributed by atoms with van der Waals surface area (Å²) in [4.78, 5) is 22.7. The molecule has 2 N–H and O–H groups in total. The van der Waals surface area contributed by atoms with E-state index in [4.69, 9.17) is 0 Å². The largest absolute Gasteiger partial charge is 0.508 e. The first-order valence-electron chi connectivity index (χ1n) is 5.73. The second-order valence-electron chi connectivity index (χ2n) is 4.22. The first-order valence-corrected chi connectivity index (χ1v) is 5.73. The van der Waals surface area contributed by atoms with E-state index < -0.39 is 5.97 Å². The lowest BCUT2D eigenvalue weighted by Gasteiger charge is -2.10. The van der Waals surface area contributed by atoms with Gasteiger partial charge in [-0.15, -0.1) is 0 Å². The maximum absolute atomic E-state index is 11.6. The van der Waals surface area contributed by atoms with Crippen molar-refractivity contribution in [1.29, 1.82) is 0 Å². The van der Waals surface area contributed by atoms with Crippen LogP contribution in [0.2, 0.25) is 0 Å². The number of ether oxygens (including phenoxy) is 1. The highest BCUT2D eigenvalue weighted by Gasteiger charge is 2.13. The van der Waals surface area contributed by atoms with Gasteiger partial charge >= 0.3 is 5.97 Å². The van der Waals surface area contributed by atoms with Crippen molar-refractivity contribution in [3.8, 4) is 5.75 Å². The predicted octanol–water partition coefficient (Wildman–Crippen LogP) is 1.66. The molecule has 0 aliphatic rings. The molecule has 0 fully saturated rings. The van der Waals surface area contributed by atoms with Crippen LogP contribution in [0.1, 0.15) is 23.6 Å². The molecular weight excluding hydrogens is 246 g/mol. The number of nitrogens with one attached hydrogen (secondary N) is 1. The van der Waals surface area contributed by atoms with Crippen molar-refractivity contribution in [2.24, 2.45) is 0 Å². The molecule has 0 bridgehead atoms. The fraction of sp³-hybridized carbons (Fsp3) is 0.286. The van der Waals surface area contributed by atoms with Crippen LogP contribution in [0.5, 0.6) is 5.75 Å². The third-order valence-corrected chi connectivity index (χ3v) is 2.58. The highest BCUT2D eigenvalue weighted by atomic mass is 16.5. The van der Waals surface area contributed by atoms with Crippen molar-refractivity contribution in [2.45, 2.75) is 20.8 Å². The molecule has 102 valence electrons. The van der Waals surface area contributed by atoms with Crippen LogP contribution in [0.15, 0.2) is 17.8 Å². The van der Waals surface area contributed by atoms with Gasteiger partial charge in [-0.3, -0.25) is 4.79 Å². The molecule has 5 heteroatoms. The number of amides is 1. The lowest BCUT2D eigenvalue weighted by Crippen LogP contribution is -2.25. The zero-order chi connectivity index (χ0) is 14.6. The van der Waals surface area contributed by atoms with Crippen molar-refractivity contribution in [3.63, 3.8) is 0 Å². The first kappa shape index (κ1) is 14.8. The average Bonchev–Trinajstić information content (AvgIpc) is 2.30. The van der Waals surface area contributed by atoms with Gasteiger partial charge in [-0.25, -0.2) is 4.79 Å². The number of esters is 1. The average molecular weight is 263 g/mol. The number of rotatable bonds is 3. The topological polar surface area (TPSA) is 75.6 Å². The van der Waals surface area contributed by atoms with Gasteiger partial charge < -0.3 is 15.2 Å². The summed E-state index contributed by atoms with van der Waals surface area (Å²) >= 11 is 0. The van der Waals surface area contributed by atoms with E-state index in [-0.39, 0.29) is 17.4 Å². The number of methoxy groups -OCH3 is 1. The van der Waals surface area contributed by atoms with Crippen LogP contribution < -0.4 is 5.32 Å². The Morgan fingerprint density at radius 1 is 1.26 bits per heavy atom. The van der Waals surface area contributed by atoms with Crippen molar-refractivity contribution >= 4 is 18.0 Å². The summed E-state index contributed by atoms with van der Waals surface area (Å²) in [5, 5.41) is 11.9. The number of phenolic OH excluding ortho intramolecular Hbond substituents is 1. The fourth-order valence-corrected chi connectivity index (χ4v) is 1.77. The van der Waals surface area contributed by atoms with Crippen molar-refractivity contribution in [2.75, 3.05) is 7.11 Å². The zero-order valence-corrected chi connectivity index (χ0v) is 11.4. The van der Waals surface area contributed by atoms with E-state index in [0.717, 1.165) is 16.7 Å². The number of benzene rings is 1. The maximum atomic E-state index is 11.6. The molecule has 19 heavy (non-hydrogen) atoms. The molecule has 1 amide bonds. The Bertz CT molecular complexity index is 523. The molecule has 0 unspecified atom stereocenters. The maximum Gasteiger partial charge on any atom is 0.354 e. The number of hydrogen-bond acceptors (Lipinski definition) is 4. The van der Waals surface area contributed by atoms with Gasteiger partial charge in [0.2, 0.25) is 5.91 Å². The van der Waals surface area contributed by atoms with Gasteiger partial charge in [0.25, 0.3) is 0 Å². The Morgan fingerprint density at radius 3 is 2.21 bits per heavy atom. The minimum Gasteiger partial charge on any atom is -0.508 e. The Balaban J connectivity index is 3.29. The number of hydrogen-bond donors (Lipinski definition) is 2. The van der Waals surface area contributed by atoms with Gasteiger partial charge in [0.05, 0.1) is 7.11 Å². The Hall–Kier alpha value is -2.30. The van der Waals surface area contributed by atoms with E-state index in [1.54, 1.807) is 26.0 Å². The molecule has 1 rings (SSSR count). The second-order valence-corrected chi connectivity index (χ2v) is 4.22. The Kier molecular flexibility index (Phi) is 4.69. The number of aromatic hydroxyl groups is 1. The molecule has 0 aromatic heterocycles. The molecule has 0 atom stereocenters. The molecule has 0 radical (unpaired) electrons. The quantitative estimate of drug-likeness (QED) is 0.642. The fourth-order valence-electron chi connectivity index (χ4n) is 1.77. The highest BCUT2D eigenvalue weighted by Crippen LogP contribution is 2.22. The summed E-state index contributed by atoms with van der Waals surface area (Å²) in [6, 6.07) is 3.17. The van der Waals surface area contributed by atoms with Gasteiger partial charge in [-0.2, -0.15) is 0 Å². The smallest absolute Gasteiger partial charge is 0.354 e. The van der Waals surface area contributed by atoms with E-state index in [9.17, 15) is 14.7 Å². The summed E-state index contributed by atoms with van der Waals surface area (Å²) < 4.78 is 4.62. The van der Waals surface area contributed by atoms with Crippen LogP contribution in [0.25, 0.3) is 6.08 Å². The summed E-state index contributed by atoms with van der Waals surface area (Å²) in [5.41, 5.74) is 2.41. The molecular formula is C14H17NO4. The normalized spacial score (nSPS) is 11.1. The van der Waals surface area contributed by atoms with Crippen LogP contribution >= 0.6 is 0 Å². The number of carbonyl (C=O) groups is 2. The van der Waals surface area contributed by atoms with Gasteiger partial charge in [0.1, 0.15) is 11.4 Å². The molecule has 0 heterocycles. The van der Waals surface area contributed by atoms with E-state index in [0.29, 0.717) is 0 Å².